The van der Waals surface area contributed by atoms with Gasteiger partial charge in [0.15, 0.2) is 0 Å². The number of pyridine rings is 1. The molecule has 148 valence electrons. The molecule has 0 unspecified atom stereocenters. The number of hydrogen-bond acceptors (Lipinski definition) is 5. The lowest BCUT2D eigenvalue weighted by Crippen LogP contribution is -2.60. The minimum atomic E-state index is -0.422. The Morgan fingerprint density at radius 2 is 2.07 bits per heavy atom. The van der Waals surface area contributed by atoms with Crippen LogP contribution in [0.2, 0.25) is 5.02 Å². The standard InChI is InChI=1S/C21H20ClN5O2/c22-13-1-2-16-15(7-13)25-18(27(16)10-20(23)11-29-12-20)9-26-17-8-24-6-3-14(17)21(4-5-21)19(26)28/h1-3,6-8H,4-5,9-12,23H2. The number of nitrogens with two attached hydrogens (primary N) is 1. The van der Waals surface area contributed by atoms with Crippen LogP contribution in [0.1, 0.15) is 24.2 Å². The van der Waals surface area contributed by atoms with Crippen molar-refractivity contribution in [3.05, 3.63) is 53.1 Å². The van der Waals surface area contributed by atoms with Gasteiger partial charge in [-0.2, -0.15) is 0 Å². The van der Waals surface area contributed by atoms with Crippen LogP contribution >= 0.6 is 11.6 Å². The molecule has 1 amide bonds. The SMILES string of the molecule is NC1(Cn2c(CN3C(=O)C4(CC4)c4ccncc43)nc3cc(Cl)ccc32)COC1. The molecule has 6 rings (SSSR count). The second-order valence-corrected chi connectivity index (χ2v) is 8.91. The summed E-state index contributed by atoms with van der Waals surface area (Å²) in [6, 6.07) is 7.64. The summed E-state index contributed by atoms with van der Waals surface area (Å²) in [6.45, 7) is 1.98. The second-order valence-electron chi connectivity index (χ2n) is 8.47. The quantitative estimate of drug-likeness (QED) is 0.715. The van der Waals surface area contributed by atoms with E-state index in [0.29, 0.717) is 31.3 Å². The summed E-state index contributed by atoms with van der Waals surface area (Å²) in [6.07, 6.45) is 5.35. The van der Waals surface area contributed by atoms with Gasteiger partial charge in [0, 0.05) is 17.8 Å². The van der Waals surface area contributed by atoms with Crippen LogP contribution in [-0.2, 0) is 28.0 Å². The molecule has 1 aromatic carbocycles. The summed E-state index contributed by atoms with van der Waals surface area (Å²) >= 11 is 6.19. The number of rotatable bonds is 4. The Bertz CT molecular complexity index is 1170. The molecule has 29 heavy (non-hydrogen) atoms. The third kappa shape index (κ3) is 2.48. The van der Waals surface area contributed by atoms with Crippen LogP contribution in [0.4, 0.5) is 5.69 Å². The van der Waals surface area contributed by atoms with E-state index >= 15 is 0 Å². The minimum Gasteiger partial charge on any atom is -0.377 e. The largest absolute Gasteiger partial charge is 0.377 e. The van der Waals surface area contributed by atoms with Crippen LogP contribution in [0.25, 0.3) is 11.0 Å². The van der Waals surface area contributed by atoms with Gasteiger partial charge < -0.3 is 19.9 Å². The Morgan fingerprint density at radius 1 is 1.24 bits per heavy atom. The van der Waals surface area contributed by atoms with Crippen LogP contribution < -0.4 is 10.6 Å². The molecule has 7 nitrogen and oxygen atoms in total. The molecule has 3 aliphatic rings. The first-order chi connectivity index (χ1) is 14.0. The van der Waals surface area contributed by atoms with Gasteiger partial charge in [0.2, 0.25) is 5.91 Å². The molecule has 3 aromatic rings. The van der Waals surface area contributed by atoms with Crippen molar-refractivity contribution in [3.8, 4) is 0 Å². The van der Waals surface area contributed by atoms with Crippen LogP contribution in [0.3, 0.4) is 0 Å². The zero-order valence-electron chi connectivity index (χ0n) is 15.8. The highest BCUT2D eigenvalue weighted by Crippen LogP contribution is 2.57. The molecule has 0 atom stereocenters. The number of halogens is 1. The number of fused-ring (bicyclic) bond motifs is 3. The normalized spacial score (nSPS) is 20.9. The van der Waals surface area contributed by atoms with E-state index in [0.717, 1.165) is 41.0 Å². The first-order valence-electron chi connectivity index (χ1n) is 9.77. The summed E-state index contributed by atoms with van der Waals surface area (Å²) in [5.74, 6) is 0.937. The van der Waals surface area contributed by atoms with Gasteiger partial charge in [0.05, 0.1) is 53.6 Å². The third-order valence-electron chi connectivity index (χ3n) is 6.35. The van der Waals surface area contributed by atoms with E-state index in [1.165, 1.54) is 0 Å². The maximum Gasteiger partial charge on any atom is 0.238 e. The molecule has 1 saturated heterocycles. The predicted octanol–water partition coefficient (Wildman–Crippen LogP) is 2.39. The maximum absolute atomic E-state index is 13.3. The second kappa shape index (κ2) is 5.78. The van der Waals surface area contributed by atoms with Gasteiger partial charge in [0.1, 0.15) is 5.82 Å². The number of amides is 1. The highest BCUT2D eigenvalue weighted by atomic mass is 35.5. The molecule has 0 radical (unpaired) electrons. The molecule has 0 bridgehead atoms. The van der Waals surface area contributed by atoms with E-state index in [-0.39, 0.29) is 11.3 Å². The number of carbonyl (C=O) groups excluding carboxylic acids is 1. The van der Waals surface area contributed by atoms with E-state index in [1.54, 1.807) is 12.4 Å². The number of anilines is 1. The zero-order valence-corrected chi connectivity index (χ0v) is 16.5. The van der Waals surface area contributed by atoms with E-state index in [1.807, 2.05) is 29.2 Å². The van der Waals surface area contributed by atoms with Crippen molar-refractivity contribution in [2.45, 2.75) is 36.9 Å². The van der Waals surface area contributed by atoms with E-state index in [4.69, 9.17) is 27.1 Å². The topological polar surface area (TPSA) is 86.3 Å². The number of aromatic nitrogens is 3. The van der Waals surface area contributed by atoms with Crippen LogP contribution in [0, 0.1) is 0 Å². The predicted molar refractivity (Wildman–Crippen MR) is 109 cm³/mol. The molecule has 4 heterocycles. The summed E-state index contributed by atoms with van der Waals surface area (Å²) in [7, 11) is 0. The van der Waals surface area contributed by atoms with Gasteiger partial charge >= 0.3 is 0 Å². The summed E-state index contributed by atoms with van der Waals surface area (Å²) in [5, 5.41) is 0.631. The zero-order chi connectivity index (χ0) is 19.8. The summed E-state index contributed by atoms with van der Waals surface area (Å²) in [4.78, 5) is 24.2. The minimum absolute atomic E-state index is 0.145. The first-order valence-corrected chi connectivity index (χ1v) is 10.1. The number of ether oxygens (including phenoxy) is 1. The van der Waals surface area contributed by atoms with Crippen molar-refractivity contribution >= 4 is 34.2 Å². The average Bonchev–Trinajstić information content (AvgIpc) is 3.39. The summed E-state index contributed by atoms with van der Waals surface area (Å²) in [5.41, 5.74) is 9.42. The van der Waals surface area contributed by atoms with E-state index in [9.17, 15) is 4.79 Å². The van der Waals surface area contributed by atoms with Crippen LogP contribution in [-0.4, -0.2) is 39.2 Å². The lowest BCUT2D eigenvalue weighted by atomic mass is 9.99. The first kappa shape index (κ1) is 17.4. The molecule has 2 aliphatic heterocycles. The van der Waals surface area contributed by atoms with Crippen LogP contribution in [0.15, 0.2) is 36.7 Å². The molecule has 8 heteroatoms. The van der Waals surface area contributed by atoms with Crippen molar-refractivity contribution in [2.75, 3.05) is 18.1 Å². The van der Waals surface area contributed by atoms with Crippen molar-refractivity contribution < 1.29 is 9.53 Å². The van der Waals surface area contributed by atoms with Crippen molar-refractivity contribution in [3.63, 3.8) is 0 Å². The fraction of sp³-hybridized carbons (Fsp3) is 0.381. The molecule has 2 fully saturated rings. The lowest BCUT2D eigenvalue weighted by Gasteiger charge is -2.38. The van der Waals surface area contributed by atoms with Crippen molar-refractivity contribution in [1.29, 1.82) is 0 Å². The fourth-order valence-corrected chi connectivity index (χ4v) is 4.78. The van der Waals surface area contributed by atoms with Gasteiger partial charge in [-0.1, -0.05) is 11.6 Å². The maximum atomic E-state index is 13.3. The highest BCUT2D eigenvalue weighted by molar-refractivity contribution is 6.31. The third-order valence-corrected chi connectivity index (χ3v) is 6.59. The molecule has 1 saturated carbocycles. The molecule has 1 spiro atoms. The monoisotopic (exact) mass is 409 g/mol. The Morgan fingerprint density at radius 3 is 2.79 bits per heavy atom. The Balaban J connectivity index is 1.44. The van der Waals surface area contributed by atoms with Crippen molar-refractivity contribution in [1.82, 2.24) is 14.5 Å². The van der Waals surface area contributed by atoms with Gasteiger partial charge in [-0.25, -0.2) is 4.98 Å². The fourth-order valence-electron chi connectivity index (χ4n) is 4.62. The Hall–Kier alpha value is -2.48. The lowest BCUT2D eigenvalue weighted by molar-refractivity contribution is -0.120. The molecule has 1 aliphatic carbocycles. The molecule has 2 aromatic heterocycles. The number of carbonyl (C=O) groups is 1. The number of nitrogens with zero attached hydrogens (tertiary/aromatic N) is 4. The molecule has 2 N–H and O–H groups in total. The van der Waals surface area contributed by atoms with E-state index in [2.05, 4.69) is 9.55 Å². The summed E-state index contributed by atoms with van der Waals surface area (Å²) < 4.78 is 7.44. The highest BCUT2D eigenvalue weighted by Gasteiger charge is 2.59. The van der Waals surface area contributed by atoms with Gasteiger partial charge in [-0.3, -0.25) is 9.78 Å². The number of imidazole rings is 1. The number of hydrogen-bond donors (Lipinski definition) is 1. The van der Waals surface area contributed by atoms with Gasteiger partial charge in [0.25, 0.3) is 0 Å². The van der Waals surface area contributed by atoms with Crippen molar-refractivity contribution in [2.24, 2.45) is 5.73 Å². The average molecular weight is 410 g/mol. The molecular weight excluding hydrogens is 390 g/mol. The van der Waals surface area contributed by atoms with E-state index < -0.39 is 5.54 Å². The molecular formula is C21H20ClN5O2. The number of benzene rings is 1. The smallest absolute Gasteiger partial charge is 0.238 e. The Labute approximate surface area is 172 Å². The van der Waals surface area contributed by atoms with Gasteiger partial charge in [-0.05, 0) is 42.7 Å². The Kier molecular flexibility index (Phi) is 3.47. The van der Waals surface area contributed by atoms with Gasteiger partial charge in [-0.15, -0.1) is 0 Å². The van der Waals surface area contributed by atoms with Crippen LogP contribution in [0.5, 0.6) is 0 Å².